The highest BCUT2D eigenvalue weighted by molar-refractivity contribution is 7.91. The maximum atomic E-state index is 13.2. The summed E-state index contributed by atoms with van der Waals surface area (Å²) < 4.78 is 48.9. The molecule has 0 saturated carbocycles. The first-order valence-corrected chi connectivity index (χ1v) is 9.11. The molecule has 1 aliphatic rings. The van der Waals surface area contributed by atoms with Gasteiger partial charge in [-0.3, -0.25) is 9.59 Å². The third-order valence-corrected chi connectivity index (χ3v) is 5.65. The fraction of sp³-hybridized carbons (Fsp3) is 0.467. The number of sulfone groups is 1. The smallest absolute Gasteiger partial charge is 0.239 e. The summed E-state index contributed by atoms with van der Waals surface area (Å²) in [6.07, 6.45) is 0.301. The topological polar surface area (TPSA) is 92.3 Å². The highest BCUT2D eigenvalue weighted by Gasteiger charge is 2.39. The number of halogens is 2. The van der Waals surface area contributed by atoms with E-state index in [1.54, 1.807) is 0 Å². The van der Waals surface area contributed by atoms with Crippen LogP contribution >= 0.6 is 0 Å². The Morgan fingerprint density at radius 3 is 2.38 bits per heavy atom. The van der Waals surface area contributed by atoms with Crippen molar-refractivity contribution >= 4 is 27.3 Å². The van der Waals surface area contributed by atoms with Crippen LogP contribution in [0.15, 0.2) is 18.2 Å². The lowest BCUT2D eigenvalue weighted by molar-refractivity contribution is -0.138. The summed E-state index contributed by atoms with van der Waals surface area (Å²) >= 11 is 0. The SMILES string of the molecule is CC(C)(C(=O)Nc1ccc(F)c(F)c1)C(=O)NC1CCS(=O)(=O)C1. The van der Waals surface area contributed by atoms with Crippen LogP contribution in [0, 0.1) is 17.0 Å². The summed E-state index contributed by atoms with van der Waals surface area (Å²) in [6, 6.07) is 2.32. The van der Waals surface area contributed by atoms with Gasteiger partial charge in [0, 0.05) is 17.8 Å². The Bertz CT molecular complexity index is 778. The van der Waals surface area contributed by atoms with Crippen LogP contribution < -0.4 is 10.6 Å². The number of nitrogens with one attached hydrogen (secondary N) is 2. The summed E-state index contributed by atoms with van der Waals surface area (Å²) in [7, 11) is -3.16. The highest BCUT2D eigenvalue weighted by atomic mass is 32.2. The van der Waals surface area contributed by atoms with Crippen LogP contribution in [0.1, 0.15) is 20.3 Å². The van der Waals surface area contributed by atoms with Gasteiger partial charge in [-0.05, 0) is 32.4 Å². The summed E-state index contributed by atoms with van der Waals surface area (Å²) in [6.45, 7) is 2.72. The van der Waals surface area contributed by atoms with Gasteiger partial charge in [-0.1, -0.05) is 0 Å². The number of carbonyl (C=O) groups is 2. The first-order valence-electron chi connectivity index (χ1n) is 7.29. The van der Waals surface area contributed by atoms with Gasteiger partial charge in [0.05, 0.1) is 11.5 Å². The number of amides is 2. The molecule has 0 bridgehead atoms. The van der Waals surface area contributed by atoms with Crippen molar-refractivity contribution in [1.29, 1.82) is 0 Å². The van der Waals surface area contributed by atoms with Crippen molar-refractivity contribution in [2.75, 3.05) is 16.8 Å². The molecule has 1 heterocycles. The number of hydrogen-bond acceptors (Lipinski definition) is 4. The number of rotatable bonds is 4. The third-order valence-electron chi connectivity index (χ3n) is 3.88. The van der Waals surface area contributed by atoms with Crippen LogP contribution in [0.3, 0.4) is 0 Å². The molecule has 9 heteroatoms. The molecule has 2 N–H and O–H groups in total. The van der Waals surface area contributed by atoms with Gasteiger partial charge in [-0.2, -0.15) is 0 Å². The molecular formula is C15H18F2N2O4S. The molecule has 1 aromatic carbocycles. The molecule has 1 fully saturated rings. The molecule has 24 heavy (non-hydrogen) atoms. The minimum Gasteiger partial charge on any atom is -0.351 e. The normalized spacial score (nSPS) is 19.8. The largest absolute Gasteiger partial charge is 0.351 e. The number of hydrogen-bond donors (Lipinski definition) is 2. The van der Waals surface area contributed by atoms with E-state index < -0.39 is 44.7 Å². The Labute approximate surface area is 138 Å². The number of carbonyl (C=O) groups excluding carboxylic acids is 2. The second kappa shape index (κ2) is 6.46. The average molecular weight is 360 g/mol. The minimum absolute atomic E-state index is 0.000567. The quantitative estimate of drug-likeness (QED) is 0.790. The molecular weight excluding hydrogens is 342 g/mol. The Morgan fingerprint density at radius 2 is 1.83 bits per heavy atom. The van der Waals surface area contributed by atoms with Crippen LogP contribution in [0.2, 0.25) is 0 Å². The van der Waals surface area contributed by atoms with E-state index in [1.807, 2.05) is 0 Å². The van der Waals surface area contributed by atoms with Gasteiger partial charge in [0.1, 0.15) is 5.41 Å². The van der Waals surface area contributed by atoms with Gasteiger partial charge in [0.2, 0.25) is 11.8 Å². The fourth-order valence-corrected chi connectivity index (χ4v) is 3.91. The van der Waals surface area contributed by atoms with Gasteiger partial charge in [0.15, 0.2) is 21.5 Å². The molecule has 132 valence electrons. The van der Waals surface area contributed by atoms with Gasteiger partial charge in [-0.25, -0.2) is 17.2 Å². The number of anilines is 1. The Balaban J connectivity index is 2.03. The lowest BCUT2D eigenvalue weighted by Crippen LogP contribution is -2.48. The molecule has 2 rings (SSSR count). The van der Waals surface area contributed by atoms with Crippen LogP contribution in [-0.2, 0) is 19.4 Å². The van der Waals surface area contributed by atoms with Crippen molar-refractivity contribution in [3.63, 3.8) is 0 Å². The van der Waals surface area contributed by atoms with E-state index in [9.17, 15) is 26.8 Å². The Morgan fingerprint density at radius 1 is 1.17 bits per heavy atom. The zero-order valence-corrected chi connectivity index (χ0v) is 14.0. The first-order chi connectivity index (χ1) is 11.0. The molecule has 1 unspecified atom stereocenters. The van der Waals surface area contributed by atoms with Crippen LogP contribution in [0.5, 0.6) is 0 Å². The average Bonchev–Trinajstić information content (AvgIpc) is 2.81. The monoisotopic (exact) mass is 360 g/mol. The van der Waals surface area contributed by atoms with Crippen molar-refractivity contribution in [3.05, 3.63) is 29.8 Å². The molecule has 1 atom stereocenters. The van der Waals surface area contributed by atoms with E-state index in [0.29, 0.717) is 6.42 Å². The van der Waals surface area contributed by atoms with E-state index >= 15 is 0 Å². The van der Waals surface area contributed by atoms with Crippen molar-refractivity contribution < 1.29 is 26.8 Å². The van der Waals surface area contributed by atoms with Crippen LogP contribution in [-0.4, -0.2) is 37.8 Å². The molecule has 0 radical (unpaired) electrons. The molecule has 0 aliphatic carbocycles. The second-order valence-corrected chi connectivity index (χ2v) is 8.51. The predicted octanol–water partition coefficient (Wildman–Crippen LogP) is 1.23. The lowest BCUT2D eigenvalue weighted by Gasteiger charge is -2.24. The van der Waals surface area contributed by atoms with Crippen molar-refractivity contribution in [2.24, 2.45) is 5.41 Å². The van der Waals surface area contributed by atoms with E-state index in [2.05, 4.69) is 10.6 Å². The fourth-order valence-electron chi connectivity index (χ4n) is 2.24. The maximum Gasteiger partial charge on any atom is 0.239 e. The predicted molar refractivity (Wildman–Crippen MR) is 84.0 cm³/mol. The van der Waals surface area contributed by atoms with Crippen molar-refractivity contribution in [3.8, 4) is 0 Å². The molecule has 6 nitrogen and oxygen atoms in total. The zero-order chi connectivity index (χ0) is 18.1. The highest BCUT2D eigenvalue weighted by Crippen LogP contribution is 2.22. The number of benzene rings is 1. The van der Waals surface area contributed by atoms with Crippen LogP contribution in [0.4, 0.5) is 14.5 Å². The first kappa shape index (κ1) is 18.3. The molecule has 1 saturated heterocycles. The molecule has 2 amide bonds. The molecule has 0 aromatic heterocycles. The van der Waals surface area contributed by atoms with E-state index in [1.165, 1.54) is 19.9 Å². The lowest BCUT2D eigenvalue weighted by atomic mass is 9.90. The van der Waals surface area contributed by atoms with E-state index in [-0.39, 0.29) is 17.2 Å². The van der Waals surface area contributed by atoms with Crippen molar-refractivity contribution in [1.82, 2.24) is 5.32 Å². The van der Waals surface area contributed by atoms with Gasteiger partial charge in [0.25, 0.3) is 0 Å². The summed E-state index contributed by atoms with van der Waals surface area (Å²) in [4.78, 5) is 24.6. The molecule has 1 aromatic rings. The zero-order valence-electron chi connectivity index (χ0n) is 13.2. The van der Waals surface area contributed by atoms with E-state index in [4.69, 9.17) is 0 Å². The molecule has 1 aliphatic heterocycles. The standard InChI is InChI=1S/C15H18F2N2O4S/c1-15(2,14(21)19-10-5-6-24(22,23)8-10)13(20)18-9-3-4-11(16)12(17)7-9/h3-4,7,10H,5-6,8H2,1-2H3,(H,18,20)(H,19,21). The third kappa shape index (κ3) is 4.08. The van der Waals surface area contributed by atoms with Gasteiger partial charge >= 0.3 is 0 Å². The van der Waals surface area contributed by atoms with Crippen molar-refractivity contribution in [2.45, 2.75) is 26.3 Å². The Hall–Kier alpha value is -2.03. The van der Waals surface area contributed by atoms with E-state index in [0.717, 1.165) is 12.1 Å². The summed E-state index contributed by atoms with van der Waals surface area (Å²) in [5.41, 5.74) is -1.50. The summed E-state index contributed by atoms with van der Waals surface area (Å²) in [5.74, 6) is -3.67. The molecule has 0 spiro atoms. The minimum atomic E-state index is -3.16. The Kier molecular flexibility index (Phi) is 4.93. The van der Waals surface area contributed by atoms with Crippen LogP contribution in [0.25, 0.3) is 0 Å². The van der Waals surface area contributed by atoms with Gasteiger partial charge in [-0.15, -0.1) is 0 Å². The summed E-state index contributed by atoms with van der Waals surface area (Å²) in [5, 5.41) is 4.90. The van der Waals surface area contributed by atoms with Gasteiger partial charge < -0.3 is 10.6 Å². The maximum absolute atomic E-state index is 13.2. The second-order valence-electron chi connectivity index (χ2n) is 6.28.